The highest BCUT2D eigenvalue weighted by Crippen LogP contribution is 2.39. The summed E-state index contributed by atoms with van der Waals surface area (Å²) in [6, 6.07) is 4.90. The molecule has 0 bridgehead atoms. The zero-order valence-corrected chi connectivity index (χ0v) is 16.5. The molecule has 7 heteroatoms. The summed E-state index contributed by atoms with van der Waals surface area (Å²) in [6.07, 6.45) is 0. The second-order valence-corrected chi connectivity index (χ2v) is 5.91. The number of carbonyl (C=O) groups is 2. The number of aromatic nitrogens is 1. The summed E-state index contributed by atoms with van der Waals surface area (Å²) in [6.45, 7) is 6.24. The van der Waals surface area contributed by atoms with Crippen LogP contribution in [0.15, 0.2) is 18.2 Å². The van der Waals surface area contributed by atoms with Gasteiger partial charge in [0, 0.05) is 23.5 Å². The minimum absolute atomic E-state index is 0.155. The molecule has 7 nitrogen and oxygen atoms in total. The number of methoxy groups -OCH3 is 3. The van der Waals surface area contributed by atoms with Gasteiger partial charge in [-0.3, -0.25) is 4.79 Å². The molecule has 0 N–H and O–H groups in total. The Morgan fingerprint density at radius 2 is 1.63 bits per heavy atom. The first-order valence-electron chi connectivity index (χ1n) is 8.55. The van der Waals surface area contributed by atoms with Crippen molar-refractivity contribution in [2.24, 2.45) is 0 Å². The second-order valence-electron chi connectivity index (χ2n) is 5.91. The lowest BCUT2D eigenvalue weighted by Gasteiger charge is -2.15. The van der Waals surface area contributed by atoms with E-state index in [-0.39, 0.29) is 29.5 Å². The third kappa shape index (κ3) is 3.92. The fraction of sp³-hybridized carbons (Fsp3) is 0.400. The van der Waals surface area contributed by atoms with E-state index >= 15 is 0 Å². The Morgan fingerprint density at radius 3 is 2.15 bits per heavy atom. The van der Waals surface area contributed by atoms with Crippen LogP contribution >= 0.6 is 0 Å². The molecule has 0 saturated carbocycles. The molecule has 0 atom stereocenters. The summed E-state index contributed by atoms with van der Waals surface area (Å²) >= 11 is 0. The van der Waals surface area contributed by atoms with Crippen molar-refractivity contribution in [2.75, 3.05) is 27.9 Å². The van der Waals surface area contributed by atoms with Crippen LogP contribution in [0.2, 0.25) is 0 Å². The number of nitrogens with zero attached hydrogens (tertiary/aromatic N) is 1. The van der Waals surface area contributed by atoms with Crippen LogP contribution in [0.5, 0.6) is 17.2 Å². The van der Waals surface area contributed by atoms with Gasteiger partial charge in [-0.2, -0.15) is 0 Å². The lowest BCUT2D eigenvalue weighted by atomic mass is 10.1. The Balaban J connectivity index is 2.20. The molecule has 0 spiro atoms. The van der Waals surface area contributed by atoms with Crippen LogP contribution < -0.4 is 14.2 Å². The minimum atomic E-state index is -0.676. The van der Waals surface area contributed by atoms with E-state index < -0.39 is 5.97 Å². The molecular formula is C20H25NO6. The van der Waals surface area contributed by atoms with Crippen molar-refractivity contribution < 1.29 is 28.5 Å². The van der Waals surface area contributed by atoms with Gasteiger partial charge in [0.25, 0.3) is 0 Å². The summed E-state index contributed by atoms with van der Waals surface area (Å²) < 4.78 is 23.0. The van der Waals surface area contributed by atoms with Crippen LogP contribution in [0.3, 0.4) is 0 Å². The molecule has 0 unspecified atom stereocenters. The van der Waals surface area contributed by atoms with Crippen LogP contribution in [0.25, 0.3) is 0 Å². The molecule has 1 aromatic carbocycles. The van der Waals surface area contributed by atoms with Crippen molar-refractivity contribution in [3.8, 4) is 17.2 Å². The maximum atomic E-state index is 12.5. The highest BCUT2D eigenvalue weighted by molar-refractivity contribution is 6.01. The van der Waals surface area contributed by atoms with Gasteiger partial charge in [0.15, 0.2) is 18.1 Å². The Kier molecular flexibility index (Phi) is 6.50. The minimum Gasteiger partial charge on any atom is -0.493 e. The first-order chi connectivity index (χ1) is 12.9. The predicted molar refractivity (Wildman–Crippen MR) is 100 cm³/mol. The van der Waals surface area contributed by atoms with E-state index in [1.54, 1.807) is 6.07 Å². The summed E-state index contributed by atoms with van der Waals surface area (Å²) in [5.74, 6) is -0.0271. The largest absolute Gasteiger partial charge is 0.493 e. The molecule has 1 aromatic heterocycles. The monoisotopic (exact) mass is 375 g/mol. The fourth-order valence-electron chi connectivity index (χ4n) is 3.12. The molecule has 2 rings (SSSR count). The number of aryl methyl sites for hydroxylation is 1. The van der Waals surface area contributed by atoms with E-state index in [0.717, 1.165) is 17.9 Å². The molecule has 2 aromatic rings. The summed E-state index contributed by atoms with van der Waals surface area (Å²) in [5, 5.41) is 0. The quantitative estimate of drug-likeness (QED) is 0.521. The molecule has 0 amide bonds. The Bertz CT molecular complexity index is 853. The van der Waals surface area contributed by atoms with Crippen molar-refractivity contribution in [2.45, 2.75) is 27.3 Å². The normalized spacial score (nSPS) is 10.4. The van der Waals surface area contributed by atoms with Gasteiger partial charge in [0.05, 0.1) is 21.3 Å². The number of benzene rings is 1. The highest BCUT2D eigenvalue weighted by atomic mass is 16.5. The average Bonchev–Trinajstić information content (AvgIpc) is 2.97. The number of carbonyl (C=O) groups excluding carboxylic acids is 2. The van der Waals surface area contributed by atoms with Crippen molar-refractivity contribution in [3.63, 3.8) is 0 Å². The van der Waals surface area contributed by atoms with Crippen molar-refractivity contribution in [1.29, 1.82) is 0 Å². The third-order valence-electron chi connectivity index (χ3n) is 4.45. The molecule has 0 radical (unpaired) electrons. The van der Waals surface area contributed by atoms with Crippen molar-refractivity contribution in [1.82, 2.24) is 4.57 Å². The molecule has 0 aliphatic carbocycles. The summed E-state index contributed by atoms with van der Waals surface area (Å²) in [7, 11) is 4.35. The first kappa shape index (κ1) is 20.4. The summed E-state index contributed by atoms with van der Waals surface area (Å²) in [4.78, 5) is 25.0. The lowest BCUT2D eigenvalue weighted by Crippen LogP contribution is -2.16. The first-order valence-corrected chi connectivity index (χ1v) is 8.55. The van der Waals surface area contributed by atoms with E-state index in [2.05, 4.69) is 0 Å². The van der Waals surface area contributed by atoms with E-state index in [1.165, 1.54) is 27.4 Å². The SMILES string of the molecule is CCn1c(C)cc(C(=O)COC(=O)c2ccc(OC)c(OC)c2OC)c1C. The number of esters is 1. The van der Waals surface area contributed by atoms with Gasteiger partial charge >= 0.3 is 5.97 Å². The Morgan fingerprint density at radius 1 is 0.963 bits per heavy atom. The molecule has 1 heterocycles. The highest BCUT2D eigenvalue weighted by Gasteiger charge is 2.23. The van der Waals surface area contributed by atoms with Gasteiger partial charge < -0.3 is 23.5 Å². The van der Waals surface area contributed by atoms with Crippen LogP contribution in [0.1, 0.15) is 39.0 Å². The van der Waals surface area contributed by atoms with Gasteiger partial charge in [-0.1, -0.05) is 0 Å². The van der Waals surface area contributed by atoms with E-state index in [9.17, 15) is 9.59 Å². The number of hydrogen-bond acceptors (Lipinski definition) is 6. The van der Waals surface area contributed by atoms with Crippen LogP contribution in [0.4, 0.5) is 0 Å². The molecule has 0 fully saturated rings. The molecule has 0 aliphatic heterocycles. The van der Waals surface area contributed by atoms with Crippen molar-refractivity contribution in [3.05, 3.63) is 40.7 Å². The number of ether oxygens (including phenoxy) is 4. The van der Waals surface area contributed by atoms with E-state index in [0.29, 0.717) is 11.3 Å². The third-order valence-corrected chi connectivity index (χ3v) is 4.45. The molecular weight excluding hydrogens is 350 g/mol. The number of Topliss-reactive ketones (excluding diaryl/α,β-unsaturated/α-hetero) is 1. The maximum Gasteiger partial charge on any atom is 0.342 e. The number of ketones is 1. The van der Waals surface area contributed by atoms with E-state index in [1.807, 2.05) is 31.4 Å². The fourth-order valence-corrected chi connectivity index (χ4v) is 3.12. The van der Waals surface area contributed by atoms with Gasteiger partial charge in [-0.25, -0.2) is 4.79 Å². The van der Waals surface area contributed by atoms with Crippen LogP contribution in [0, 0.1) is 13.8 Å². The molecule has 0 aliphatic rings. The zero-order valence-electron chi connectivity index (χ0n) is 16.5. The number of hydrogen-bond donors (Lipinski definition) is 0. The Labute approximate surface area is 158 Å². The molecule has 27 heavy (non-hydrogen) atoms. The standard InChI is InChI=1S/C20H25NO6/c1-7-21-12(2)10-15(13(21)3)16(22)11-27-20(23)14-8-9-17(24-4)19(26-6)18(14)25-5/h8-10H,7,11H2,1-6H3. The average molecular weight is 375 g/mol. The topological polar surface area (TPSA) is 76.0 Å². The van der Waals surface area contributed by atoms with Gasteiger partial charge in [-0.05, 0) is 39.0 Å². The maximum absolute atomic E-state index is 12.5. The molecule has 0 saturated heterocycles. The van der Waals surface area contributed by atoms with Gasteiger partial charge in [0.1, 0.15) is 5.56 Å². The lowest BCUT2D eigenvalue weighted by molar-refractivity contribution is 0.0470. The van der Waals surface area contributed by atoms with Gasteiger partial charge in [-0.15, -0.1) is 0 Å². The van der Waals surface area contributed by atoms with Crippen LogP contribution in [-0.2, 0) is 11.3 Å². The van der Waals surface area contributed by atoms with Gasteiger partial charge in [0.2, 0.25) is 11.5 Å². The smallest absolute Gasteiger partial charge is 0.342 e. The summed E-state index contributed by atoms with van der Waals surface area (Å²) in [5.41, 5.74) is 2.56. The second kappa shape index (κ2) is 8.62. The predicted octanol–water partition coefficient (Wildman–Crippen LogP) is 3.19. The molecule has 146 valence electrons. The Hall–Kier alpha value is -2.96. The van der Waals surface area contributed by atoms with E-state index in [4.69, 9.17) is 18.9 Å². The zero-order chi connectivity index (χ0) is 20.1. The van der Waals surface area contributed by atoms with Crippen LogP contribution in [-0.4, -0.2) is 44.3 Å². The number of rotatable bonds is 8. The van der Waals surface area contributed by atoms with Crippen molar-refractivity contribution >= 4 is 11.8 Å².